The second kappa shape index (κ2) is 11.7. The molecule has 0 saturated heterocycles. The highest BCUT2D eigenvalue weighted by molar-refractivity contribution is 7.98. The highest BCUT2D eigenvalue weighted by Gasteiger charge is 2.21. The number of rotatable bonds is 9. The summed E-state index contributed by atoms with van der Waals surface area (Å²) < 4.78 is 54.9. The van der Waals surface area contributed by atoms with Crippen LogP contribution >= 0.6 is 23.4 Å². The molecule has 4 aromatic rings. The number of benzene rings is 4. The van der Waals surface area contributed by atoms with Crippen LogP contribution in [0.15, 0.2) is 112 Å². The summed E-state index contributed by atoms with van der Waals surface area (Å²) >= 11 is 7.43. The molecule has 1 amide bonds. The molecule has 0 heterocycles. The van der Waals surface area contributed by atoms with E-state index >= 15 is 0 Å². The second-order valence-electron chi connectivity index (χ2n) is 8.29. The van der Waals surface area contributed by atoms with Crippen molar-refractivity contribution in [2.24, 2.45) is 0 Å². The Bertz CT molecular complexity index is 1690. The average Bonchev–Trinajstić information content (AvgIpc) is 2.93. The molecule has 4 rings (SSSR count). The minimum Gasteiger partial charge on any atom is -0.322 e. The molecule has 0 saturated carbocycles. The van der Waals surface area contributed by atoms with Gasteiger partial charge in [-0.2, -0.15) is 0 Å². The molecule has 39 heavy (non-hydrogen) atoms. The van der Waals surface area contributed by atoms with E-state index in [9.17, 15) is 21.6 Å². The van der Waals surface area contributed by atoms with Crippen LogP contribution in [0, 0.1) is 0 Å². The zero-order valence-corrected chi connectivity index (χ0v) is 24.0. The number of halogens is 1. The van der Waals surface area contributed by atoms with Gasteiger partial charge in [0.2, 0.25) is 0 Å². The summed E-state index contributed by atoms with van der Waals surface area (Å²) in [5.41, 5.74) is 1.41. The second-order valence-corrected chi connectivity index (χ2v) is 13.3. The lowest BCUT2D eigenvalue weighted by Crippen LogP contribution is -2.26. The van der Waals surface area contributed by atoms with Gasteiger partial charge in [0.25, 0.3) is 26.0 Å². The third-order valence-electron chi connectivity index (χ3n) is 5.71. The van der Waals surface area contributed by atoms with Crippen molar-refractivity contribution in [3.05, 3.63) is 108 Å². The maximum absolute atomic E-state index is 13.0. The van der Waals surface area contributed by atoms with Crippen LogP contribution in [0.25, 0.3) is 0 Å². The maximum Gasteiger partial charge on any atom is 0.264 e. The molecule has 0 atom stereocenters. The van der Waals surface area contributed by atoms with Gasteiger partial charge >= 0.3 is 0 Å². The van der Waals surface area contributed by atoms with Gasteiger partial charge in [0.1, 0.15) is 0 Å². The van der Waals surface area contributed by atoms with E-state index in [1.807, 2.05) is 6.26 Å². The Balaban J connectivity index is 1.42. The number of nitrogens with zero attached hydrogens (tertiary/aromatic N) is 1. The number of sulfonamides is 2. The van der Waals surface area contributed by atoms with Gasteiger partial charge in [-0.3, -0.25) is 13.8 Å². The summed E-state index contributed by atoms with van der Waals surface area (Å²) in [6.07, 6.45) is 1.91. The first kappa shape index (κ1) is 28.5. The van der Waals surface area contributed by atoms with Gasteiger partial charge in [0.05, 0.1) is 21.2 Å². The number of carbonyl (C=O) groups excluding carboxylic acids is 1. The third-order valence-corrected chi connectivity index (χ3v) is 9.89. The molecule has 0 aliphatic rings. The Morgan fingerprint density at radius 2 is 1.41 bits per heavy atom. The predicted octanol–water partition coefficient (Wildman–Crippen LogP) is 5.94. The lowest BCUT2D eigenvalue weighted by molar-refractivity contribution is 0.102. The smallest absolute Gasteiger partial charge is 0.264 e. The van der Waals surface area contributed by atoms with Gasteiger partial charge in [0.15, 0.2) is 0 Å². The molecule has 0 bridgehead atoms. The van der Waals surface area contributed by atoms with Gasteiger partial charge in [-0.05, 0) is 97.3 Å². The van der Waals surface area contributed by atoms with Crippen molar-refractivity contribution in [1.82, 2.24) is 0 Å². The number of thioether (sulfide) groups is 1. The SMILES string of the molecule is CSc1ccc(S(=O)(=O)N(C)c2ccc(C(=O)Nc3ccc(S(=O)(=O)Nc4cccc(Cl)c4)cc3)cc2)cc1. The first-order valence-corrected chi connectivity index (χ1v) is 15.9. The Morgan fingerprint density at radius 3 is 2.00 bits per heavy atom. The molecule has 0 radical (unpaired) electrons. The van der Waals surface area contributed by atoms with Crippen LogP contribution in [0.1, 0.15) is 10.4 Å². The van der Waals surface area contributed by atoms with Crippen molar-refractivity contribution >= 4 is 66.4 Å². The summed E-state index contributed by atoms with van der Waals surface area (Å²) in [5, 5.41) is 3.10. The zero-order chi connectivity index (χ0) is 28.2. The first-order valence-electron chi connectivity index (χ1n) is 11.4. The number of hydrogen-bond donors (Lipinski definition) is 2. The summed E-state index contributed by atoms with van der Waals surface area (Å²) in [6, 6.07) is 24.8. The molecular weight excluding hydrogens is 578 g/mol. The molecule has 0 aromatic heterocycles. The largest absolute Gasteiger partial charge is 0.322 e. The highest BCUT2D eigenvalue weighted by Crippen LogP contribution is 2.25. The number of nitrogens with one attached hydrogen (secondary N) is 2. The number of amides is 1. The van der Waals surface area contributed by atoms with E-state index in [-0.39, 0.29) is 9.79 Å². The molecule has 0 unspecified atom stereocenters. The normalized spacial score (nSPS) is 11.6. The van der Waals surface area contributed by atoms with Gasteiger partial charge in [-0.15, -0.1) is 11.8 Å². The maximum atomic E-state index is 13.0. The van der Waals surface area contributed by atoms with Crippen LogP contribution in [-0.4, -0.2) is 36.0 Å². The van der Waals surface area contributed by atoms with Crippen LogP contribution in [0.3, 0.4) is 0 Å². The molecule has 8 nitrogen and oxygen atoms in total. The van der Waals surface area contributed by atoms with Crippen LogP contribution in [0.5, 0.6) is 0 Å². The minimum atomic E-state index is -3.85. The Labute approximate surface area is 237 Å². The van der Waals surface area contributed by atoms with E-state index in [4.69, 9.17) is 11.6 Å². The topological polar surface area (TPSA) is 113 Å². The van der Waals surface area contributed by atoms with Crippen LogP contribution in [0.4, 0.5) is 17.1 Å². The molecule has 0 aliphatic carbocycles. The van der Waals surface area contributed by atoms with E-state index in [2.05, 4.69) is 10.0 Å². The van der Waals surface area contributed by atoms with Crippen LogP contribution in [0.2, 0.25) is 5.02 Å². The van der Waals surface area contributed by atoms with Crippen molar-refractivity contribution in [2.45, 2.75) is 14.7 Å². The third kappa shape index (κ3) is 6.74. The van der Waals surface area contributed by atoms with E-state index in [0.717, 1.165) is 9.20 Å². The number of hydrogen-bond acceptors (Lipinski definition) is 6. The lowest BCUT2D eigenvalue weighted by Gasteiger charge is -2.20. The van der Waals surface area contributed by atoms with Crippen molar-refractivity contribution in [2.75, 3.05) is 27.6 Å². The zero-order valence-electron chi connectivity index (χ0n) is 20.8. The van der Waals surface area contributed by atoms with Crippen molar-refractivity contribution < 1.29 is 21.6 Å². The molecule has 202 valence electrons. The molecule has 4 aromatic carbocycles. The molecule has 0 aliphatic heterocycles. The quantitative estimate of drug-likeness (QED) is 0.230. The summed E-state index contributed by atoms with van der Waals surface area (Å²) in [4.78, 5) is 13.9. The Kier molecular flexibility index (Phi) is 8.55. The fourth-order valence-corrected chi connectivity index (χ4v) is 6.40. The van der Waals surface area contributed by atoms with E-state index < -0.39 is 26.0 Å². The molecule has 2 N–H and O–H groups in total. The standard InChI is InChI=1S/C27H24ClN3O5S3/c1-31(39(35,36)26-16-12-24(37-2)13-17-26)23-10-6-19(7-11-23)27(32)29-21-8-14-25(15-9-21)38(33,34)30-22-5-3-4-20(28)18-22/h3-18,30H,1-2H3,(H,29,32). The molecule has 0 spiro atoms. The van der Waals surface area contributed by atoms with Crippen molar-refractivity contribution in [1.29, 1.82) is 0 Å². The van der Waals surface area contributed by atoms with Gasteiger partial charge in [0, 0.05) is 28.2 Å². The first-order chi connectivity index (χ1) is 18.5. The highest BCUT2D eigenvalue weighted by atomic mass is 35.5. The summed E-state index contributed by atoms with van der Waals surface area (Å²) in [5.74, 6) is -0.438. The number of carbonyl (C=O) groups is 1. The fourth-order valence-electron chi connectivity index (χ4n) is 3.55. The predicted molar refractivity (Wildman–Crippen MR) is 157 cm³/mol. The minimum absolute atomic E-state index is 0.0113. The summed E-state index contributed by atoms with van der Waals surface area (Å²) in [7, 11) is -6.18. The Hall–Kier alpha value is -3.51. The van der Waals surface area contributed by atoms with Crippen molar-refractivity contribution in [3.8, 4) is 0 Å². The van der Waals surface area contributed by atoms with E-state index in [1.165, 1.54) is 61.3 Å². The van der Waals surface area contributed by atoms with Crippen LogP contribution in [-0.2, 0) is 20.0 Å². The number of anilines is 3. The van der Waals surface area contributed by atoms with Crippen LogP contribution < -0.4 is 14.3 Å². The van der Waals surface area contributed by atoms with Gasteiger partial charge in [-0.25, -0.2) is 16.8 Å². The summed E-state index contributed by atoms with van der Waals surface area (Å²) in [6.45, 7) is 0. The Morgan fingerprint density at radius 1 is 0.795 bits per heavy atom. The van der Waals surface area contributed by atoms with Gasteiger partial charge < -0.3 is 5.32 Å². The molecular formula is C27H24ClN3O5S3. The van der Waals surface area contributed by atoms with E-state index in [0.29, 0.717) is 27.6 Å². The molecule has 12 heteroatoms. The van der Waals surface area contributed by atoms with E-state index in [1.54, 1.807) is 54.6 Å². The monoisotopic (exact) mass is 601 g/mol. The average molecular weight is 602 g/mol. The lowest BCUT2D eigenvalue weighted by atomic mass is 10.2. The fraction of sp³-hybridized carbons (Fsp3) is 0.0741. The van der Waals surface area contributed by atoms with Gasteiger partial charge in [-0.1, -0.05) is 17.7 Å². The van der Waals surface area contributed by atoms with Crippen molar-refractivity contribution in [3.63, 3.8) is 0 Å². The molecule has 0 fully saturated rings.